The van der Waals surface area contributed by atoms with E-state index in [0.717, 1.165) is 4.90 Å². The molecule has 0 bridgehead atoms. The summed E-state index contributed by atoms with van der Waals surface area (Å²) in [5.41, 5.74) is 0.347. The summed E-state index contributed by atoms with van der Waals surface area (Å²) in [6, 6.07) is 5.83. The van der Waals surface area contributed by atoms with Crippen LogP contribution in [0.3, 0.4) is 0 Å². The Bertz CT molecular complexity index is 771. The van der Waals surface area contributed by atoms with Gasteiger partial charge < -0.3 is 9.57 Å². The van der Waals surface area contributed by atoms with E-state index in [2.05, 4.69) is 5.16 Å². The van der Waals surface area contributed by atoms with Gasteiger partial charge in [-0.05, 0) is 26.0 Å². The predicted molar refractivity (Wildman–Crippen MR) is 85.9 cm³/mol. The minimum absolute atomic E-state index is 0.0365. The van der Waals surface area contributed by atoms with E-state index in [1.807, 2.05) is 0 Å². The van der Waals surface area contributed by atoms with Crippen molar-refractivity contribution in [1.29, 1.82) is 0 Å². The van der Waals surface area contributed by atoms with E-state index < -0.39 is 34.5 Å². The lowest BCUT2D eigenvalue weighted by Crippen LogP contribution is -2.44. The largest absolute Gasteiger partial charge is 0.441 e. The Morgan fingerprint density at radius 2 is 2.00 bits per heavy atom. The lowest BCUT2D eigenvalue weighted by molar-refractivity contribution is -0.384. The van der Waals surface area contributed by atoms with Crippen LogP contribution in [0, 0.1) is 16.0 Å². The monoisotopic (exact) mass is 347 g/mol. The van der Waals surface area contributed by atoms with Crippen LogP contribution in [0.15, 0.2) is 29.4 Å². The number of carbonyl (C=O) groups excluding carboxylic acids is 2. The average Bonchev–Trinajstić information content (AvgIpc) is 3.05. The fourth-order valence-electron chi connectivity index (χ4n) is 2.85. The first-order valence-electron chi connectivity index (χ1n) is 7.72. The van der Waals surface area contributed by atoms with Gasteiger partial charge in [0.05, 0.1) is 23.1 Å². The Labute approximate surface area is 143 Å². The zero-order chi connectivity index (χ0) is 18.4. The van der Waals surface area contributed by atoms with Crippen LogP contribution in [0.2, 0.25) is 0 Å². The molecule has 2 aliphatic heterocycles. The highest BCUT2D eigenvalue weighted by Crippen LogP contribution is 2.29. The zero-order valence-corrected chi connectivity index (χ0v) is 14.0. The summed E-state index contributed by atoms with van der Waals surface area (Å²) >= 11 is 0. The lowest BCUT2D eigenvalue weighted by Gasteiger charge is -2.19. The SMILES string of the molecule is C[C@H]1C(c2ccc([N+](=O)[O-])cc2)=NO[C@@H]1C(=O)N1CC(C)(C)OC1=O. The third kappa shape index (κ3) is 3.04. The summed E-state index contributed by atoms with van der Waals surface area (Å²) < 4.78 is 5.13. The average molecular weight is 347 g/mol. The van der Waals surface area contributed by atoms with Gasteiger partial charge in [-0.3, -0.25) is 14.9 Å². The van der Waals surface area contributed by atoms with Gasteiger partial charge in [-0.2, -0.15) is 0 Å². The fraction of sp³-hybridized carbons (Fsp3) is 0.438. The maximum Gasteiger partial charge on any atom is 0.417 e. The number of amides is 2. The summed E-state index contributed by atoms with van der Waals surface area (Å²) in [5.74, 6) is -0.922. The topological polar surface area (TPSA) is 111 Å². The standard InChI is InChI=1S/C16H17N3O6/c1-9-12(10-4-6-11(7-5-10)19(22)23)17-25-13(9)14(20)18-8-16(2,3)24-15(18)21/h4-7,9,13H,8H2,1-3H3/t9-,13-/m0/s1. The van der Waals surface area contributed by atoms with Gasteiger partial charge in [0.25, 0.3) is 11.6 Å². The van der Waals surface area contributed by atoms with E-state index in [4.69, 9.17) is 9.57 Å². The Kier molecular flexibility index (Phi) is 3.94. The van der Waals surface area contributed by atoms with Crippen molar-refractivity contribution in [3.8, 4) is 0 Å². The first-order chi connectivity index (χ1) is 11.7. The molecule has 9 heteroatoms. The van der Waals surface area contributed by atoms with Crippen LogP contribution in [-0.4, -0.2) is 45.8 Å². The van der Waals surface area contributed by atoms with Gasteiger partial charge in [0.15, 0.2) is 0 Å². The van der Waals surface area contributed by atoms with Crippen LogP contribution >= 0.6 is 0 Å². The molecule has 1 fully saturated rings. The normalized spacial score (nSPS) is 24.5. The number of imide groups is 1. The van der Waals surface area contributed by atoms with E-state index in [1.54, 1.807) is 32.9 Å². The first kappa shape index (κ1) is 16.9. The lowest BCUT2D eigenvalue weighted by atomic mass is 9.93. The van der Waals surface area contributed by atoms with E-state index in [1.165, 1.54) is 12.1 Å². The molecule has 0 radical (unpaired) electrons. The molecule has 0 N–H and O–H groups in total. The molecule has 9 nitrogen and oxygen atoms in total. The number of hydrogen-bond acceptors (Lipinski definition) is 7. The number of nitro benzene ring substituents is 1. The van der Waals surface area contributed by atoms with Gasteiger partial charge in [-0.1, -0.05) is 12.1 Å². The first-order valence-corrected chi connectivity index (χ1v) is 7.72. The second-order valence-corrected chi connectivity index (χ2v) is 6.65. The molecule has 1 saturated heterocycles. The Hall–Kier alpha value is -2.97. The summed E-state index contributed by atoms with van der Waals surface area (Å²) in [7, 11) is 0. The zero-order valence-electron chi connectivity index (χ0n) is 14.0. The smallest absolute Gasteiger partial charge is 0.417 e. The van der Waals surface area contributed by atoms with Crippen LogP contribution in [0.25, 0.3) is 0 Å². The minimum atomic E-state index is -0.938. The number of nitrogens with zero attached hydrogens (tertiary/aromatic N) is 3. The van der Waals surface area contributed by atoms with Crippen molar-refractivity contribution < 1.29 is 24.1 Å². The minimum Gasteiger partial charge on any atom is -0.441 e. The molecule has 1 aromatic carbocycles. The molecule has 1 aromatic rings. The maximum absolute atomic E-state index is 12.6. The van der Waals surface area contributed by atoms with Gasteiger partial charge in [-0.25, -0.2) is 9.69 Å². The van der Waals surface area contributed by atoms with Crippen LogP contribution in [-0.2, 0) is 14.4 Å². The molecule has 0 unspecified atom stereocenters. The summed E-state index contributed by atoms with van der Waals surface area (Å²) in [4.78, 5) is 41.0. The molecule has 3 rings (SSSR count). The number of benzene rings is 1. The molecule has 2 amide bonds. The maximum atomic E-state index is 12.6. The van der Waals surface area contributed by atoms with Crippen molar-refractivity contribution in [1.82, 2.24) is 4.90 Å². The fourth-order valence-corrected chi connectivity index (χ4v) is 2.85. The van der Waals surface area contributed by atoms with Crippen LogP contribution in [0.5, 0.6) is 0 Å². The molecule has 2 aliphatic rings. The number of hydrogen-bond donors (Lipinski definition) is 0. The highest BCUT2D eigenvalue weighted by atomic mass is 16.7. The number of carbonyl (C=O) groups is 2. The van der Waals surface area contributed by atoms with Crippen molar-refractivity contribution in [3.05, 3.63) is 39.9 Å². The third-order valence-corrected chi connectivity index (χ3v) is 4.16. The second kappa shape index (κ2) is 5.83. The number of non-ortho nitro benzene ring substituents is 1. The van der Waals surface area contributed by atoms with Gasteiger partial charge in [0, 0.05) is 17.7 Å². The Morgan fingerprint density at radius 3 is 2.52 bits per heavy atom. The quantitative estimate of drug-likeness (QED) is 0.611. The van der Waals surface area contributed by atoms with Crippen LogP contribution < -0.4 is 0 Å². The van der Waals surface area contributed by atoms with Gasteiger partial charge in [0.2, 0.25) is 6.10 Å². The molecule has 2 atom stereocenters. The third-order valence-electron chi connectivity index (χ3n) is 4.16. The predicted octanol–water partition coefficient (Wildman–Crippen LogP) is 2.09. The van der Waals surface area contributed by atoms with E-state index in [9.17, 15) is 19.7 Å². The number of cyclic esters (lactones) is 1. The van der Waals surface area contributed by atoms with E-state index in [0.29, 0.717) is 11.3 Å². The summed E-state index contributed by atoms with van der Waals surface area (Å²) in [6.07, 6.45) is -1.64. The molecule has 0 aliphatic carbocycles. The Morgan fingerprint density at radius 1 is 1.36 bits per heavy atom. The van der Waals surface area contributed by atoms with Crippen LogP contribution in [0.4, 0.5) is 10.5 Å². The molecule has 25 heavy (non-hydrogen) atoms. The second-order valence-electron chi connectivity index (χ2n) is 6.65. The van der Waals surface area contributed by atoms with Crippen molar-refractivity contribution in [3.63, 3.8) is 0 Å². The van der Waals surface area contributed by atoms with Gasteiger partial charge in [-0.15, -0.1) is 0 Å². The number of oxime groups is 1. The number of nitro groups is 1. The molecular formula is C16H17N3O6. The van der Waals surface area contributed by atoms with Crippen molar-refractivity contribution in [2.45, 2.75) is 32.5 Å². The number of rotatable bonds is 3. The van der Waals surface area contributed by atoms with Crippen molar-refractivity contribution >= 4 is 23.4 Å². The van der Waals surface area contributed by atoms with E-state index >= 15 is 0 Å². The highest BCUT2D eigenvalue weighted by Gasteiger charge is 2.47. The summed E-state index contributed by atoms with van der Waals surface area (Å²) in [5, 5.41) is 14.7. The molecule has 0 spiro atoms. The molecular weight excluding hydrogens is 330 g/mol. The van der Waals surface area contributed by atoms with Crippen molar-refractivity contribution in [2.75, 3.05) is 6.54 Å². The molecule has 0 aromatic heterocycles. The van der Waals surface area contributed by atoms with Gasteiger partial charge in [0.1, 0.15) is 5.60 Å². The van der Waals surface area contributed by atoms with Gasteiger partial charge >= 0.3 is 6.09 Å². The molecule has 132 valence electrons. The van der Waals surface area contributed by atoms with E-state index in [-0.39, 0.29) is 12.2 Å². The molecule has 0 saturated carbocycles. The summed E-state index contributed by atoms with van der Waals surface area (Å²) in [6.45, 7) is 5.33. The molecule has 2 heterocycles. The number of ether oxygens (including phenoxy) is 1. The van der Waals surface area contributed by atoms with Crippen molar-refractivity contribution in [2.24, 2.45) is 11.1 Å². The highest BCUT2D eigenvalue weighted by molar-refractivity contribution is 6.07. The van der Waals surface area contributed by atoms with Crippen LogP contribution in [0.1, 0.15) is 26.3 Å². The Balaban J connectivity index is 1.75.